The smallest absolute Gasteiger partial charge is 0.228 e. The van der Waals surface area contributed by atoms with Gasteiger partial charge in [-0.1, -0.05) is 41.6 Å². The fourth-order valence-electron chi connectivity index (χ4n) is 1.88. The van der Waals surface area contributed by atoms with Gasteiger partial charge in [-0.15, -0.1) is 10.2 Å². The number of amides is 1. The van der Waals surface area contributed by atoms with Gasteiger partial charge in [0, 0.05) is 11.7 Å². The van der Waals surface area contributed by atoms with Gasteiger partial charge in [-0.05, 0) is 37.5 Å². The Hall–Kier alpha value is -1.88. The van der Waals surface area contributed by atoms with Gasteiger partial charge in [-0.2, -0.15) is 0 Å². The van der Waals surface area contributed by atoms with Gasteiger partial charge in [0.05, 0.1) is 0 Å². The first-order chi connectivity index (χ1) is 10.2. The summed E-state index contributed by atoms with van der Waals surface area (Å²) in [6.07, 6.45) is 1.98. The SMILES string of the molecule is Cc1ccc(CSc2ccc(NC(=O)C3CC3)nn2)cc1. The van der Waals surface area contributed by atoms with Crippen molar-refractivity contribution in [1.82, 2.24) is 10.2 Å². The summed E-state index contributed by atoms with van der Waals surface area (Å²) in [5.74, 6) is 1.64. The number of rotatable bonds is 5. The fraction of sp³-hybridized carbons (Fsp3) is 0.312. The number of nitrogens with one attached hydrogen (secondary N) is 1. The third kappa shape index (κ3) is 4.04. The lowest BCUT2D eigenvalue weighted by Gasteiger charge is -2.04. The lowest BCUT2D eigenvalue weighted by Crippen LogP contribution is -2.14. The van der Waals surface area contributed by atoms with E-state index in [2.05, 4.69) is 46.7 Å². The van der Waals surface area contributed by atoms with Gasteiger partial charge in [0.2, 0.25) is 5.91 Å². The third-order valence-electron chi connectivity index (χ3n) is 3.35. The van der Waals surface area contributed by atoms with Gasteiger partial charge >= 0.3 is 0 Å². The zero-order chi connectivity index (χ0) is 14.7. The molecule has 0 bridgehead atoms. The number of thioether (sulfide) groups is 1. The van der Waals surface area contributed by atoms with Gasteiger partial charge in [0.15, 0.2) is 5.82 Å². The Balaban J connectivity index is 1.54. The maximum absolute atomic E-state index is 11.6. The van der Waals surface area contributed by atoms with Crippen LogP contribution in [0.2, 0.25) is 0 Å². The first-order valence-electron chi connectivity index (χ1n) is 7.03. The molecular formula is C16H17N3OS. The van der Waals surface area contributed by atoms with Gasteiger partial charge in [0.25, 0.3) is 0 Å². The molecule has 0 unspecified atom stereocenters. The first-order valence-corrected chi connectivity index (χ1v) is 8.02. The van der Waals surface area contributed by atoms with Gasteiger partial charge in [0.1, 0.15) is 5.03 Å². The maximum Gasteiger partial charge on any atom is 0.228 e. The largest absolute Gasteiger partial charge is 0.309 e. The van der Waals surface area contributed by atoms with E-state index in [1.165, 1.54) is 11.1 Å². The number of aromatic nitrogens is 2. The van der Waals surface area contributed by atoms with E-state index in [-0.39, 0.29) is 11.8 Å². The van der Waals surface area contributed by atoms with Crippen molar-refractivity contribution in [3.63, 3.8) is 0 Å². The summed E-state index contributed by atoms with van der Waals surface area (Å²) in [7, 11) is 0. The van der Waals surface area contributed by atoms with Crippen molar-refractivity contribution in [1.29, 1.82) is 0 Å². The molecule has 0 atom stereocenters. The van der Waals surface area contributed by atoms with Crippen LogP contribution in [0.25, 0.3) is 0 Å². The Labute approximate surface area is 128 Å². The summed E-state index contributed by atoms with van der Waals surface area (Å²) < 4.78 is 0. The Morgan fingerprint density at radius 3 is 2.57 bits per heavy atom. The first kappa shape index (κ1) is 14.1. The van der Waals surface area contributed by atoms with Gasteiger partial charge < -0.3 is 5.32 Å². The number of anilines is 1. The Kier molecular flexibility index (Phi) is 4.20. The van der Waals surface area contributed by atoms with Crippen LogP contribution in [-0.4, -0.2) is 16.1 Å². The van der Waals surface area contributed by atoms with Gasteiger partial charge in [-0.25, -0.2) is 0 Å². The minimum absolute atomic E-state index is 0.0596. The topological polar surface area (TPSA) is 54.9 Å². The fourth-order valence-corrected chi connectivity index (χ4v) is 2.65. The third-order valence-corrected chi connectivity index (χ3v) is 4.34. The molecule has 1 amide bonds. The predicted molar refractivity (Wildman–Crippen MR) is 84.1 cm³/mol. The highest BCUT2D eigenvalue weighted by molar-refractivity contribution is 7.98. The molecule has 4 nitrogen and oxygen atoms in total. The number of hydrogen-bond acceptors (Lipinski definition) is 4. The molecule has 0 saturated heterocycles. The van der Waals surface area contributed by atoms with E-state index in [1.807, 2.05) is 12.1 Å². The second kappa shape index (κ2) is 6.26. The highest BCUT2D eigenvalue weighted by atomic mass is 32.2. The van der Waals surface area contributed by atoms with Crippen molar-refractivity contribution in [2.45, 2.75) is 30.5 Å². The lowest BCUT2D eigenvalue weighted by atomic mass is 10.2. The normalized spacial score (nSPS) is 14.0. The summed E-state index contributed by atoms with van der Waals surface area (Å²) in [6.45, 7) is 2.08. The average molecular weight is 299 g/mol. The van der Waals surface area contributed by atoms with Crippen LogP contribution in [0.4, 0.5) is 5.82 Å². The summed E-state index contributed by atoms with van der Waals surface area (Å²) in [5.41, 5.74) is 2.53. The highest BCUT2D eigenvalue weighted by Crippen LogP contribution is 2.30. The van der Waals surface area contributed by atoms with E-state index >= 15 is 0 Å². The van der Waals surface area contributed by atoms with E-state index in [9.17, 15) is 4.79 Å². The molecule has 108 valence electrons. The van der Waals surface area contributed by atoms with E-state index in [1.54, 1.807) is 11.8 Å². The van der Waals surface area contributed by atoms with Crippen LogP contribution in [0.1, 0.15) is 24.0 Å². The molecular weight excluding hydrogens is 282 g/mol. The van der Waals surface area contributed by atoms with E-state index in [4.69, 9.17) is 0 Å². The molecule has 1 aromatic carbocycles. The lowest BCUT2D eigenvalue weighted by molar-refractivity contribution is -0.117. The molecule has 21 heavy (non-hydrogen) atoms. The average Bonchev–Trinajstić information content (AvgIpc) is 3.33. The van der Waals surface area contributed by atoms with Crippen molar-refractivity contribution in [2.75, 3.05) is 5.32 Å². The van der Waals surface area contributed by atoms with E-state index < -0.39 is 0 Å². The minimum Gasteiger partial charge on any atom is -0.309 e. The molecule has 1 aliphatic carbocycles. The maximum atomic E-state index is 11.6. The Morgan fingerprint density at radius 2 is 1.95 bits per heavy atom. The summed E-state index contributed by atoms with van der Waals surface area (Å²) in [4.78, 5) is 11.6. The molecule has 1 aromatic heterocycles. The Morgan fingerprint density at radius 1 is 1.19 bits per heavy atom. The molecule has 3 rings (SSSR count). The zero-order valence-corrected chi connectivity index (χ0v) is 12.7. The number of hydrogen-bond donors (Lipinski definition) is 1. The molecule has 1 saturated carbocycles. The Bertz CT molecular complexity index is 621. The van der Waals surface area contributed by atoms with Gasteiger partial charge in [-0.3, -0.25) is 4.79 Å². The van der Waals surface area contributed by atoms with Crippen LogP contribution in [0.5, 0.6) is 0 Å². The van der Waals surface area contributed by atoms with Crippen LogP contribution in [0, 0.1) is 12.8 Å². The molecule has 0 radical (unpaired) electrons. The highest BCUT2D eigenvalue weighted by Gasteiger charge is 2.29. The standard InChI is InChI=1S/C16H17N3OS/c1-11-2-4-12(5-3-11)10-21-15-9-8-14(18-19-15)17-16(20)13-6-7-13/h2-5,8-9,13H,6-7,10H2,1H3,(H,17,18,20). The van der Waals surface area contributed by atoms with E-state index in [0.717, 1.165) is 23.6 Å². The second-order valence-corrected chi connectivity index (χ2v) is 6.29. The number of nitrogens with zero attached hydrogens (tertiary/aromatic N) is 2. The van der Waals surface area contributed by atoms with Crippen molar-refractivity contribution in [3.05, 3.63) is 47.5 Å². The summed E-state index contributed by atoms with van der Waals surface area (Å²) >= 11 is 1.64. The van der Waals surface area contributed by atoms with E-state index in [0.29, 0.717) is 5.82 Å². The quantitative estimate of drug-likeness (QED) is 0.859. The molecule has 1 N–H and O–H groups in total. The number of carbonyl (C=O) groups excluding carboxylic acids is 1. The minimum atomic E-state index is 0.0596. The molecule has 1 heterocycles. The van der Waals surface area contributed by atoms with Crippen molar-refractivity contribution in [3.8, 4) is 0 Å². The molecule has 1 fully saturated rings. The molecule has 0 aliphatic heterocycles. The predicted octanol–water partition coefficient (Wildman–Crippen LogP) is 3.43. The molecule has 0 spiro atoms. The number of aryl methyl sites for hydroxylation is 1. The molecule has 5 heteroatoms. The van der Waals surface area contributed by atoms with Crippen LogP contribution < -0.4 is 5.32 Å². The van der Waals surface area contributed by atoms with Crippen LogP contribution in [-0.2, 0) is 10.5 Å². The van der Waals surface area contributed by atoms with Crippen LogP contribution in [0.15, 0.2) is 41.4 Å². The van der Waals surface area contributed by atoms with Crippen LogP contribution in [0.3, 0.4) is 0 Å². The summed E-state index contributed by atoms with van der Waals surface area (Å²) in [5, 5.41) is 11.8. The zero-order valence-electron chi connectivity index (χ0n) is 11.9. The van der Waals surface area contributed by atoms with Crippen molar-refractivity contribution >= 4 is 23.5 Å². The number of carbonyl (C=O) groups is 1. The summed E-state index contributed by atoms with van der Waals surface area (Å²) in [6, 6.07) is 12.2. The molecule has 2 aromatic rings. The number of benzene rings is 1. The monoisotopic (exact) mass is 299 g/mol. The molecule has 1 aliphatic rings. The van der Waals surface area contributed by atoms with Crippen LogP contribution >= 0.6 is 11.8 Å². The van der Waals surface area contributed by atoms with Crippen molar-refractivity contribution < 1.29 is 4.79 Å². The second-order valence-electron chi connectivity index (χ2n) is 5.29. The van der Waals surface area contributed by atoms with Crippen molar-refractivity contribution in [2.24, 2.45) is 5.92 Å².